The van der Waals surface area contributed by atoms with Gasteiger partial charge in [-0.05, 0) is 70.6 Å². The van der Waals surface area contributed by atoms with E-state index in [1.807, 2.05) is 0 Å². The van der Waals surface area contributed by atoms with Gasteiger partial charge in [0.25, 0.3) is 0 Å². The molecule has 6 heteroatoms. The Balaban J connectivity index is 4.38. The van der Waals surface area contributed by atoms with E-state index in [-0.39, 0.29) is 31.1 Å². The van der Waals surface area contributed by atoms with E-state index in [2.05, 4.69) is 93.7 Å². The lowest BCUT2D eigenvalue weighted by molar-refractivity contribution is -0.167. The van der Waals surface area contributed by atoms with E-state index < -0.39 is 6.10 Å². The summed E-state index contributed by atoms with van der Waals surface area (Å²) in [6.07, 6.45) is 74.6. The molecule has 0 heterocycles. The first-order valence-corrected chi connectivity index (χ1v) is 29.9. The molecule has 0 saturated heterocycles. The largest absolute Gasteiger partial charge is 0.462 e. The van der Waals surface area contributed by atoms with Crippen LogP contribution in [-0.2, 0) is 28.6 Å². The van der Waals surface area contributed by atoms with Crippen LogP contribution >= 0.6 is 0 Å². The number of esters is 3. The van der Waals surface area contributed by atoms with Crippen molar-refractivity contribution in [3.63, 3.8) is 0 Å². The summed E-state index contributed by atoms with van der Waals surface area (Å²) in [5.41, 5.74) is 0. The first-order valence-electron chi connectivity index (χ1n) is 29.9. The summed E-state index contributed by atoms with van der Waals surface area (Å²) in [4.78, 5) is 38.2. The fraction of sp³-hybridized carbons (Fsp3) is 0.766. The lowest BCUT2D eigenvalue weighted by atomic mass is 10.0. The summed E-state index contributed by atoms with van der Waals surface area (Å²) in [7, 11) is 0. The molecule has 404 valence electrons. The molecular weight excluding hydrogens is 865 g/mol. The fourth-order valence-corrected chi connectivity index (χ4v) is 8.51. The van der Waals surface area contributed by atoms with Gasteiger partial charge in [0.05, 0.1) is 0 Å². The summed E-state index contributed by atoms with van der Waals surface area (Å²) < 4.78 is 16.9. The highest BCUT2D eigenvalue weighted by Crippen LogP contribution is 2.16. The highest BCUT2D eigenvalue weighted by atomic mass is 16.6. The van der Waals surface area contributed by atoms with Gasteiger partial charge in [-0.1, -0.05) is 280 Å². The highest BCUT2D eigenvalue weighted by Gasteiger charge is 2.19. The Labute approximate surface area is 433 Å². The second kappa shape index (κ2) is 58.4. The Morgan fingerprint density at radius 1 is 0.300 bits per heavy atom. The van der Waals surface area contributed by atoms with E-state index in [1.165, 1.54) is 148 Å². The van der Waals surface area contributed by atoms with Crippen LogP contribution in [-0.4, -0.2) is 37.2 Å². The molecule has 0 bridgehead atoms. The van der Waals surface area contributed by atoms with Crippen LogP contribution in [0.2, 0.25) is 0 Å². The van der Waals surface area contributed by atoms with Crippen molar-refractivity contribution in [2.45, 2.75) is 303 Å². The molecule has 70 heavy (non-hydrogen) atoms. The zero-order valence-corrected chi connectivity index (χ0v) is 46.3. The van der Waals surface area contributed by atoms with Crippen molar-refractivity contribution < 1.29 is 28.6 Å². The number of carbonyl (C=O) groups is 3. The van der Waals surface area contributed by atoms with Gasteiger partial charge in [-0.3, -0.25) is 14.4 Å². The molecule has 0 aromatic rings. The number of ether oxygens (including phenoxy) is 3. The lowest BCUT2D eigenvalue weighted by Crippen LogP contribution is -2.30. The molecule has 0 aliphatic heterocycles. The Hall–Kier alpha value is -3.15. The highest BCUT2D eigenvalue weighted by molar-refractivity contribution is 5.71. The van der Waals surface area contributed by atoms with E-state index in [0.717, 1.165) is 109 Å². The lowest BCUT2D eigenvalue weighted by Gasteiger charge is -2.18. The molecule has 0 fully saturated rings. The minimum absolute atomic E-state index is 0.0795. The minimum atomic E-state index is -0.783. The SMILES string of the molecule is CC/C=C\C/C=C\C/C=C\C/C=C\C/C=C\C/C=C\CCCCCCC(=O)OCC(COC(=O)CCCCCCCCCCCCCCCC)OC(=O)CCCCCCCCCCCCCCCCC. The zero-order valence-electron chi connectivity index (χ0n) is 46.3. The van der Waals surface area contributed by atoms with Crippen LogP contribution < -0.4 is 0 Å². The molecule has 1 atom stereocenters. The molecule has 0 amide bonds. The van der Waals surface area contributed by atoms with Gasteiger partial charge in [0, 0.05) is 19.3 Å². The van der Waals surface area contributed by atoms with Gasteiger partial charge in [-0.25, -0.2) is 0 Å². The minimum Gasteiger partial charge on any atom is -0.462 e. The van der Waals surface area contributed by atoms with E-state index in [4.69, 9.17) is 14.2 Å². The van der Waals surface area contributed by atoms with Gasteiger partial charge in [-0.15, -0.1) is 0 Å². The first kappa shape index (κ1) is 66.9. The molecule has 0 rings (SSSR count). The molecular formula is C64H112O6. The molecule has 0 aromatic heterocycles. The predicted octanol–water partition coefficient (Wildman–Crippen LogP) is 20.2. The maximum atomic E-state index is 12.9. The van der Waals surface area contributed by atoms with Crippen molar-refractivity contribution in [3.8, 4) is 0 Å². The third kappa shape index (κ3) is 55.8. The van der Waals surface area contributed by atoms with Gasteiger partial charge >= 0.3 is 17.9 Å². The second-order valence-corrected chi connectivity index (χ2v) is 19.9. The van der Waals surface area contributed by atoms with E-state index >= 15 is 0 Å². The topological polar surface area (TPSA) is 78.9 Å². The van der Waals surface area contributed by atoms with Crippen LogP contribution in [0.5, 0.6) is 0 Å². The standard InChI is InChI=1S/C64H112O6/c1-4-7-10-13-16-19-22-25-28-29-30-31-32-33-34-35-37-39-42-45-48-51-54-57-63(66)69-60-61(59-68-62(65)56-53-50-47-44-41-38-27-24-21-18-15-12-9-6-3)70-64(67)58-55-52-49-46-43-40-36-26-23-20-17-14-11-8-5-2/h7,10,16,19,25,28,30-31,33-34,37,39,61H,4-6,8-9,11-15,17-18,20-24,26-27,29,32,35-36,38,40-60H2,1-3H3/b10-7-,19-16-,28-25-,31-30-,34-33-,39-37-. The molecule has 6 nitrogen and oxygen atoms in total. The number of rotatable bonds is 54. The normalized spacial score (nSPS) is 12.6. The van der Waals surface area contributed by atoms with Gasteiger partial charge in [0.15, 0.2) is 6.10 Å². The molecule has 0 aliphatic carbocycles. The van der Waals surface area contributed by atoms with Crippen molar-refractivity contribution in [3.05, 3.63) is 72.9 Å². The Morgan fingerprint density at radius 2 is 0.557 bits per heavy atom. The fourth-order valence-electron chi connectivity index (χ4n) is 8.51. The molecule has 0 spiro atoms. The smallest absolute Gasteiger partial charge is 0.306 e. The molecule has 0 N–H and O–H groups in total. The third-order valence-corrected chi connectivity index (χ3v) is 13.0. The summed E-state index contributed by atoms with van der Waals surface area (Å²) in [5.74, 6) is -0.891. The second-order valence-electron chi connectivity index (χ2n) is 19.9. The molecule has 0 aliphatic rings. The predicted molar refractivity (Wildman–Crippen MR) is 302 cm³/mol. The maximum absolute atomic E-state index is 12.9. The van der Waals surface area contributed by atoms with Crippen molar-refractivity contribution >= 4 is 17.9 Å². The quantitative estimate of drug-likeness (QED) is 0.0261. The van der Waals surface area contributed by atoms with Crippen LogP contribution in [0.25, 0.3) is 0 Å². The molecule has 0 aromatic carbocycles. The van der Waals surface area contributed by atoms with Gasteiger partial charge in [-0.2, -0.15) is 0 Å². The van der Waals surface area contributed by atoms with Crippen LogP contribution in [0.1, 0.15) is 297 Å². The zero-order chi connectivity index (χ0) is 50.7. The Kier molecular flexibility index (Phi) is 55.8. The van der Waals surface area contributed by atoms with E-state index in [0.29, 0.717) is 19.3 Å². The Bertz CT molecular complexity index is 1310. The van der Waals surface area contributed by atoms with Crippen molar-refractivity contribution in [2.24, 2.45) is 0 Å². The summed E-state index contributed by atoms with van der Waals surface area (Å²) in [6, 6.07) is 0. The van der Waals surface area contributed by atoms with Crippen molar-refractivity contribution in [1.82, 2.24) is 0 Å². The number of hydrogen-bond acceptors (Lipinski definition) is 6. The molecule has 0 saturated carbocycles. The number of allylic oxidation sites excluding steroid dienone is 12. The Morgan fingerprint density at radius 3 is 0.871 bits per heavy atom. The maximum Gasteiger partial charge on any atom is 0.306 e. The van der Waals surface area contributed by atoms with Crippen LogP contribution in [0.3, 0.4) is 0 Å². The van der Waals surface area contributed by atoms with Crippen molar-refractivity contribution in [2.75, 3.05) is 13.2 Å². The van der Waals surface area contributed by atoms with Gasteiger partial charge in [0.1, 0.15) is 13.2 Å². The summed E-state index contributed by atoms with van der Waals surface area (Å²) in [6.45, 7) is 6.54. The molecule has 1 unspecified atom stereocenters. The monoisotopic (exact) mass is 977 g/mol. The summed E-state index contributed by atoms with van der Waals surface area (Å²) >= 11 is 0. The third-order valence-electron chi connectivity index (χ3n) is 13.0. The van der Waals surface area contributed by atoms with Crippen molar-refractivity contribution in [1.29, 1.82) is 0 Å². The van der Waals surface area contributed by atoms with Crippen LogP contribution in [0, 0.1) is 0 Å². The van der Waals surface area contributed by atoms with Crippen LogP contribution in [0.15, 0.2) is 72.9 Å². The number of unbranched alkanes of at least 4 members (excludes halogenated alkanes) is 31. The average molecular weight is 978 g/mol. The number of carbonyl (C=O) groups excluding carboxylic acids is 3. The summed E-state index contributed by atoms with van der Waals surface area (Å²) in [5, 5.41) is 0. The first-order chi connectivity index (χ1) is 34.5. The van der Waals surface area contributed by atoms with Crippen LogP contribution in [0.4, 0.5) is 0 Å². The van der Waals surface area contributed by atoms with Gasteiger partial charge in [0.2, 0.25) is 0 Å². The van der Waals surface area contributed by atoms with E-state index in [9.17, 15) is 14.4 Å². The van der Waals surface area contributed by atoms with E-state index in [1.54, 1.807) is 0 Å². The van der Waals surface area contributed by atoms with Gasteiger partial charge < -0.3 is 14.2 Å². The molecule has 0 radical (unpaired) electrons. The average Bonchev–Trinajstić information content (AvgIpc) is 3.36. The number of hydrogen-bond donors (Lipinski definition) is 0.